The van der Waals surface area contributed by atoms with E-state index in [0.29, 0.717) is 17.2 Å². The molecule has 1 atom stereocenters. The molecule has 184 valence electrons. The number of rotatable bonds is 11. The summed E-state index contributed by atoms with van der Waals surface area (Å²) in [5, 5.41) is 3.62. The number of thioether (sulfide) groups is 1. The predicted octanol–water partition coefficient (Wildman–Crippen LogP) is 5.88. The van der Waals surface area contributed by atoms with Crippen molar-refractivity contribution in [1.82, 2.24) is 10.2 Å². The topological polar surface area (TPSA) is 49.4 Å². The van der Waals surface area contributed by atoms with Gasteiger partial charge in [0.05, 0.1) is 5.75 Å². The van der Waals surface area contributed by atoms with Gasteiger partial charge in [-0.15, -0.1) is 11.8 Å². The Morgan fingerprint density at radius 3 is 2.29 bits per heavy atom. The molecule has 0 heterocycles. The van der Waals surface area contributed by atoms with Gasteiger partial charge in [-0.05, 0) is 54.8 Å². The molecule has 0 saturated heterocycles. The molecule has 2 amide bonds. The maximum absolute atomic E-state index is 13.5. The van der Waals surface area contributed by atoms with Crippen LogP contribution in [0.3, 0.4) is 0 Å². The van der Waals surface area contributed by atoms with E-state index in [9.17, 15) is 14.0 Å². The van der Waals surface area contributed by atoms with Crippen LogP contribution in [-0.2, 0) is 28.3 Å². The Kier molecular flexibility index (Phi) is 10.2. The quantitative estimate of drug-likeness (QED) is 0.349. The molecule has 3 rings (SSSR count). The van der Waals surface area contributed by atoms with Crippen LogP contribution in [0.25, 0.3) is 0 Å². The molecule has 0 unspecified atom stereocenters. The Labute approximate surface area is 215 Å². The Morgan fingerprint density at radius 1 is 0.943 bits per heavy atom. The SMILES string of the molecule is CC(C)NC(=O)[C@@H](Cc1ccccc1)N(Cc1ccc(F)cc1)C(=O)CSCc1cccc(Cl)c1. The van der Waals surface area contributed by atoms with Crippen molar-refractivity contribution in [1.29, 1.82) is 0 Å². The fraction of sp³-hybridized carbons (Fsp3) is 0.286. The van der Waals surface area contributed by atoms with Gasteiger partial charge in [-0.2, -0.15) is 0 Å². The van der Waals surface area contributed by atoms with Crippen LogP contribution in [-0.4, -0.2) is 34.6 Å². The summed E-state index contributed by atoms with van der Waals surface area (Å²) in [6.45, 7) is 3.99. The zero-order valence-corrected chi connectivity index (χ0v) is 21.5. The number of nitrogens with zero attached hydrogens (tertiary/aromatic N) is 1. The van der Waals surface area contributed by atoms with Gasteiger partial charge in [0, 0.05) is 29.8 Å². The number of benzene rings is 3. The largest absolute Gasteiger partial charge is 0.352 e. The van der Waals surface area contributed by atoms with Gasteiger partial charge in [0.2, 0.25) is 11.8 Å². The van der Waals surface area contributed by atoms with Crippen LogP contribution in [0.1, 0.15) is 30.5 Å². The van der Waals surface area contributed by atoms with Crippen molar-refractivity contribution >= 4 is 35.2 Å². The normalized spacial score (nSPS) is 11.8. The molecule has 0 saturated carbocycles. The minimum absolute atomic E-state index is 0.0687. The van der Waals surface area contributed by atoms with Gasteiger partial charge in [0.25, 0.3) is 0 Å². The molecular weight excluding hydrogens is 483 g/mol. The van der Waals surface area contributed by atoms with E-state index in [1.54, 1.807) is 17.0 Å². The molecule has 0 aromatic heterocycles. The van der Waals surface area contributed by atoms with Crippen molar-refractivity contribution < 1.29 is 14.0 Å². The third kappa shape index (κ3) is 8.71. The predicted molar refractivity (Wildman–Crippen MR) is 142 cm³/mol. The summed E-state index contributed by atoms with van der Waals surface area (Å²) in [5.41, 5.74) is 2.74. The molecule has 35 heavy (non-hydrogen) atoms. The molecule has 0 fully saturated rings. The maximum Gasteiger partial charge on any atom is 0.243 e. The molecule has 1 N–H and O–H groups in total. The highest BCUT2D eigenvalue weighted by Crippen LogP contribution is 2.20. The zero-order valence-electron chi connectivity index (χ0n) is 19.9. The van der Waals surface area contributed by atoms with Crippen molar-refractivity contribution in [3.63, 3.8) is 0 Å². The number of hydrogen-bond donors (Lipinski definition) is 1. The third-order valence-corrected chi connectivity index (χ3v) is 6.58. The van der Waals surface area contributed by atoms with Crippen LogP contribution in [0.5, 0.6) is 0 Å². The smallest absolute Gasteiger partial charge is 0.243 e. The van der Waals surface area contributed by atoms with E-state index in [0.717, 1.165) is 16.7 Å². The first-order valence-corrected chi connectivity index (χ1v) is 13.1. The molecule has 4 nitrogen and oxygen atoms in total. The second-order valence-electron chi connectivity index (χ2n) is 8.64. The first kappa shape index (κ1) is 26.8. The second-order valence-corrected chi connectivity index (χ2v) is 10.1. The van der Waals surface area contributed by atoms with Crippen LogP contribution in [0.4, 0.5) is 4.39 Å². The average Bonchev–Trinajstić information content (AvgIpc) is 2.82. The number of amides is 2. The van der Waals surface area contributed by atoms with Crippen LogP contribution in [0, 0.1) is 5.82 Å². The van der Waals surface area contributed by atoms with Crippen molar-refractivity contribution in [3.8, 4) is 0 Å². The summed E-state index contributed by atoms with van der Waals surface area (Å²) < 4.78 is 13.5. The standard InChI is InChI=1S/C28H30ClFN2O2S/c1-20(2)31-28(34)26(16-21-7-4-3-5-8-21)32(17-22-11-13-25(30)14-12-22)27(33)19-35-18-23-9-6-10-24(29)15-23/h3-15,20,26H,16-19H2,1-2H3,(H,31,34)/t26-/m1/s1. The average molecular weight is 513 g/mol. The minimum atomic E-state index is -0.705. The van der Waals surface area contributed by atoms with E-state index in [-0.39, 0.29) is 36.0 Å². The minimum Gasteiger partial charge on any atom is -0.352 e. The summed E-state index contributed by atoms with van der Waals surface area (Å²) >= 11 is 7.55. The van der Waals surface area contributed by atoms with Gasteiger partial charge < -0.3 is 10.2 Å². The van der Waals surface area contributed by atoms with E-state index >= 15 is 0 Å². The summed E-state index contributed by atoms with van der Waals surface area (Å²) in [6.07, 6.45) is 0.380. The lowest BCUT2D eigenvalue weighted by Crippen LogP contribution is -2.52. The number of hydrogen-bond acceptors (Lipinski definition) is 3. The fourth-order valence-electron chi connectivity index (χ4n) is 3.69. The molecule has 0 aliphatic carbocycles. The van der Waals surface area contributed by atoms with Crippen LogP contribution >= 0.6 is 23.4 Å². The van der Waals surface area contributed by atoms with Crippen LogP contribution < -0.4 is 5.32 Å². The summed E-state index contributed by atoms with van der Waals surface area (Å²) in [6, 6.07) is 22.4. The molecule has 7 heteroatoms. The van der Waals surface area contributed by atoms with Gasteiger partial charge >= 0.3 is 0 Å². The Bertz CT molecular complexity index is 1110. The van der Waals surface area contributed by atoms with Gasteiger partial charge in [-0.1, -0.05) is 66.2 Å². The molecule has 3 aromatic rings. The number of carbonyl (C=O) groups excluding carboxylic acids is 2. The molecular formula is C28H30ClFN2O2S. The first-order valence-electron chi connectivity index (χ1n) is 11.5. The fourth-order valence-corrected chi connectivity index (χ4v) is 4.76. The monoisotopic (exact) mass is 512 g/mol. The third-order valence-electron chi connectivity index (χ3n) is 5.35. The van der Waals surface area contributed by atoms with Gasteiger partial charge in [-0.3, -0.25) is 9.59 Å². The van der Waals surface area contributed by atoms with Crippen LogP contribution in [0.2, 0.25) is 5.02 Å². The highest BCUT2D eigenvalue weighted by molar-refractivity contribution is 7.99. The first-order chi connectivity index (χ1) is 16.8. The summed E-state index contributed by atoms with van der Waals surface area (Å²) in [4.78, 5) is 28.4. The lowest BCUT2D eigenvalue weighted by molar-refractivity contribution is -0.139. The lowest BCUT2D eigenvalue weighted by Gasteiger charge is -2.32. The zero-order chi connectivity index (χ0) is 25.2. The molecule has 0 spiro atoms. The molecule has 0 aliphatic rings. The molecule has 0 aliphatic heterocycles. The van der Waals surface area contributed by atoms with E-state index in [1.165, 1.54) is 23.9 Å². The lowest BCUT2D eigenvalue weighted by atomic mass is 10.0. The van der Waals surface area contributed by atoms with Gasteiger partial charge in [0.15, 0.2) is 0 Å². The molecule has 3 aromatic carbocycles. The number of nitrogens with one attached hydrogen (secondary N) is 1. The Hall–Kier alpha value is -2.83. The maximum atomic E-state index is 13.5. The van der Waals surface area contributed by atoms with E-state index in [2.05, 4.69) is 5.32 Å². The molecule has 0 radical (unpaired) electrons. The molecule has 0 bridgehead atoms. The van der Waals surface area contributed by atoms with Crippen molar-refractivity contribution in [2.45, 2.75) is 44.6 Å². The van der Waals surface area contributed by atoms with Crippen molar-refractivity contribution in [3.05, 3.63) is 106 Å². The number of halogens is 2. The van der Waals surface area contributed by atoms with Crippen molar-refractivity contribution in [2.24, 2.45) is 0 Å². The van der Waals surface area contributed by atoms with Gasteiger partial charge in [-0.25, -0.2) is 4.39 Å². The summed E-state index contributed by atoms with van der Waals surface area (Å²) in [7, 11) is 0. The van der Waals surface area contributed by atoms with E-state index in [1.807, 2.05) is 68.4 Å². The Balaban J connectivity index is 1.84. The van der Waals surface area contributed by atoms with E-state index in [4.69, 9.17) is 11.6 Å². The van der Waals surface area contributed by atoms with Gasteiger partial charge in [0.1, 0.15) is 11.9 Å². The summed E-state index contributed by atoms with van der Waals surface area (Å²) in [5.74, 6) is 0.120. The van der Waals surface area contributed by atoms with Crippen LogP contribution in [0.15, 0.2) is 78.9 Å². The van der Waals surface area contributed by atoms with E-state index < -0.39 is 6.04 Å². The highest BCUT2D eigenvalue weighted by atomic mass is 35.5. The Morgan fingerprint density at radius 2 is 1.63 bits per heavy atom. The highest BCUT2D eigenvalue weighted by Gasteiger charge is 2.30. The second kappa shape index (κ2) is 13.3. The number of carbonyl (C=O) groups is 2. The van der Waals surface area contributed by atoms with Crippen molar-refractivity contribution in [2.75, 3.05) is 5.75 Å².